The number of unbranched alkanes of at least 4 members (excludes halogenated alkanes) is 20. The number of carbonyl (C=O) groups is 2. The van der Waals surface area contributed by atoms with Gasteiger partial charge in [0.1, 0.15) is 19.3 Å². The van der Waals surface area contributed by atoms with E-state index in [0.29, 0.717) is 17.4 Å². The molecule has 0 saturated carbocycles. The first-order valence-electron chi connectivity index (χ1n) is 21.8. The fourth-order valence-electron chi connectivity index (χ4n) is 5.94. The number of allylic oxidation sites excluding steroid dienone is 8. The Morgan fingerprint density at radius 2 is 0.981 bits per heavy atom. The Bertz CT molecular complexity index is 969. The van der Waals surface area contributed by atoms with Gasteiger partial charge in [0.05, 0.1) is 40.3 Å². The van der Waals surface area contributed by atoms with Crippen molar-refractivity contribution in [3.8, 4) is 0 Å². The molecule has 0 aliphatic heterocycles. The Labute approximate surface area is 332 Å². The van der Waals surface area contributed by atoms with Crippen molar-refractivity contribution >= 4 is 11.9 Å². The van der Waals surface area contributed by atoms with E-state index in [4.69, 9.17) is 14.2 Å². The number of aliphatic carboxylic acids is 1. The fourth-order valence-corrected chi connectivity index (χ4v) is 5.94. The Kier molecular flexibility index (Phi) is 37.4. The summed E-state index contributed by atoms with van der Waals surface area (Å²) in [6.45, 7) is 2.36. The van der Waals surface area contributed by atoms with Crippen molar-refractivity contribution < 1.29 is 38.5 Å². The highest BCUT2D eigenvalue weighted by Gasteiger charge is 2.17. The van der Waals surface area contributed by atoms with Gasteiger partial charge < -0.3 is 33.7 Å². The zero-order valence-electron chi connectivity index (χ0n) is 35.3. The summed E-state index contributed by atoms with van der Waals surface area (Å²) in [5.74, 6) is -1.87. The average Bonchev–Trinajstić information content (AvgIpc) is 3.13. The second-order valence-corrected chi connectivity index (χ2v) is 15.8. The zero-order chi connectivity index (χ0) is 39.8. The summed E-state index contributed by atoms with van der Waals surface area (Å²) in [7, 11) is 5.87. The van der Waals surface area contributed by atoms with Crippen LogP contribution in [0.15, 0.2) is 48.6 Å². The monoisotopic (exact) mass is 762 g/mol. The SMILES string of the molecule is CC/C=C\C/C=C\C/C=C\C/C=C\CCCCCCCCCCCCCCCCCCCCCCC(=O)OCC(O)COC(OCC[N+](C)(C)C)C(=O)[O-]. The van der Waals surface area contributed by atoms with Crippen molar-refractivity contribution in [3.63, 3.8) is 0 Å². The summed E-state index contributed by atoms with van der Waals surface area (Å²) in [4.78, 5) is 23.2. The Balaban J connectivity index is 3.41. The number of esters is 1. The number of aliphatic hydroxyl groups is 1. The minimum Gasteiger partial charge on any atom is -0.545 e. The lowest BCUT2D eigenvalue weighted by molar-refractivity contribution is -0.870. The number of aliphatic hydroxyl groups excluding tert-OH is 1. The van der Waals surface area contributed by atoms with E-state index >= 15 is 0 Å². The topological polar surface area (TPSA) is 105 Å². The van der Waals surface area contributed by atoms with Gasteiger partial charge in [0, 0.05) is 6.42 Å². The molecule has 0 aromatic rings. The molecule has 0 aliphatic rings. The van der Waals surface area contributed by atoms with Gasteiger partial charge in [0.15, 0.2) is 6.29 Å². The van der Waals surface area contributed by atoms with Gasteiger partial charge >= 0.3 is 5.97 Å². The summed E-state index contributed by atoms with van der Waals surface area (Å²) in [6.07, 6.45) is 47.2. The minimum atomic E-state index is -1.57. The normalized spacial score (nSPS) is 13.6. The van der Waals surface area contributed by atoms with Crippen LogP contribution in [0.5, 0.6) is 0 Å². The molecule has 54 heavy (non-hydrogen) atoms. The molecule has 2 atom stereocenters. The van der Waals surface area contributed by atoms with Gasteiger partial charge in [-0.05, 0) is 44.9 Å². The number of ether oxygens (including phenoxy) is 3. The summed E-state index contributed by atoms with van der Waals surface area (Å²) in [6, 6.07) is 0. The molecule has 0 aliphatic carbocycles. The number of quaternary nitrogens is 1. The molecule has 314 valence electrons. The number of hydrogen-bond acceptors (Lipinski definition) is 7. The van der Waals surface area contributed by atoms with Crippen LogP contribution in [0.25, 0.3) is 0 Å². The second kappa shape index (κ2) is 39.0. The summed E-state index contributed by atoms with van der Waals surface area (Å²) >= 11 is 0. The Hall–Kier alpha value is -2.26. The van der Waals surface area contributed by atoms with Gasteiger partial charge in [-0.25, -0.2) is 0 Å². The summed E-state index contributed by atoms with van der Waals surface area (Å²) in [5.41, 5.74) is 0. The molecular formula is C46H83NO7. The van der Waals surface area contributed by atoms with Crippen molar-refractivity contribution in [3.05, 3.63) is 48.6 Å². The highest BCUT2D eigenvalue weighted by molar-refractivity contribution is 5.69. The van der Waals surface area contributed by atoms with Gasteiger partial charge in [-0.3, -0.25) is 4.79 Å². The van der Waals surface area contributed by atoms with Crippen LogP contribution < -0.4 is 5.11 Å². The second-order valence-electron chi connectivity index (χ2n) is 15.8. The lowest BCUT2D eigenvalue weighted by Crippen LogP contribution is -2.44. The van der Waals surface area contributed by atoms with Crippen molar-refractivity contribution in [2.75, 3.05) is 47.5 Å². The lowest BCUT2D eigenvalue weighted by atomic mass is 10.0. The molecule has 0 radical (unpaired) electrons. The molecule has 0 aromatic heterocycles. The van der Waals surface area contributed by atoms with Crippen LogP contribution >= 0.6 is 0 Å². The third-order valence-electron chi connectivity index (χ3n) is 9.32. The van der Waals surface area contributed by atoms with E-state index in [2.05, 4.69) is 55.5 Å². The maximum atomic E-state index is 12.0. The summed E-state index contributed by atoms with van der Waals surface area (Å²) < 4.78 is 16.0. The molecule has 0 rings (SSSR count). The molecule has 8 heteroatoms. The van der Waals surface area contributed by atoms with Gasteiger partial charge in [-0.2, -0.15) is 0 Å². The third-order valence-corrected chi connectivity index (χ3v) is 9.32. The minimum absolute atomic E-state index is 0.171. The molecule has 8 nitrogen and oxygen atoms in total. The van der Waals surface area contributed by atoms with E-state index in [-0.39, 0.29) is 25.8 Å². The molecule has 0 amide bonds. The average molecular weight is 762 g/mol. The standard InChI is InChI=1S/C46H83NO7/c1-5-6-7-8-9-10-11-12-13-14-15-16-17-18-19-20-21-22-23-24-25-26-27-28-29-30-31-32-33-34-35-36-37-38-44(49)53-41-43(48)42-54-46(45(50)51)52-40-39-47(2,3)4/h6-7,9-10,12-13,15-16,43,46,48H,5,8,11,14,17-42H2,1-4H3/b7-6-,10-9-,13-12-,16-15-. The molecule has 0 bridgehead atoms. The largest absolute Gasteiger partial charge is 0.545 e. The zero-order valence-corrected chi connectivity index (χ0v) is 35.3. The van der Waals surface area contributed by atoms with E-state index < -0.39 is 18.4 Å². The van der Waals surface area contributed by atoms with Gasteiger partial charge in [-0.1, -0.05) is 171 Å². The Morgan fingerprint density at radius 3 is 1.41 bits per heavy atom. The maximum Gasteiger partial charge on any atom is 0.305 e. The number of carboxylic acids is 1. The van der Waals surface area contributed by atoms with Gasteiger partial charge in [-0.15, -0.1) is 0 Å². The first-order chi connectivity index (χ1) is 26.2. The summed E-state index contributed by atoms with van der Waals surface area (Å²) in [5, 5.41) is 21.2. The molecule has 0 fully saturated rings. The number of carbonyl (C=O) groups excluding carboxylic acids is 2. The molecule has 0 spiro atoms. The van der Waals surface area contributed by atoms with Crippen molar-refractivity contribution in [1.29, 1.82) is 0 Å². The molecule has 0 saturated heterocycles. The highest BCUT2D eigenvalue weighted by atomic mass is 16.7. The van der Waals surface area contributed by atoms with E-state index in [9.17, 15) is 19.8 Å². The number of nitrogens with zero attached hydrogens (tertiary/aromatic N) is 1. The number of likely N-dealkylation sites (N-methyl/N-ethyl adjacent to an activating group) is 1. The van der Waals surface area contributed by atoms with Crippen LogP contribution in [-0.2, 0) is 23.8 Å². The number of carboxylic acid groups (broad SMARTS) is 1. The maximum absolute atomic E-state index is 12.0. The molecule has 2 unspecified atom stereocenters. The van der Waals surface area contributed by atoms with Crippen LogP contribution in [0, 0.1) is 0 Å². The van der Waals surface area contributed by atoms with E-state index in [1.54, 1.807) is 0 Å². The Morgan fingerprint density at radius 1 is 0.574 bits per heavy atom. The van der Waals surface area contributed by atoms with Crippen LogP contribution in [0.4, 0.5) is 0 Å². The van der Waals surface area contributed by atoms with E-state index in [1.807, 2.05) is 21.1 Å². The van der Waals surface area contributed by atoms with Crippen LogP contribution in [0.2, 0.25) is 0 Å². The number of hydrogen-bond donors (Lipinski definition) is 1. The predicted octanol–water partition coefficient (Wildman–Crippen LogP) is 10.1. The van der Waals surface area contributed by atoms with Crippen molar-refractivity contribution in [2.24, 2.45) is 0 Å². The van der Waals surface area contributed by atoms with Crippen molar-refractivity contribution in [2.45, 2.75) is 186 Å². The highest BCUT2D eigenvalue weighted by Crippen LogP contribution is 2.15. The predicted molar refractivity (Wildman–Crippen MR) is 223 cm³/mol. The van der Waals surface area contributed by atoms with Crippen LogP contribution in [0.1, 0.15) is 174 Å². The van der Waals surface area contributed by atoms with E-state index in [0.717, 1.165) is 44.9 Å². The fraction of sp³-hybridized carbons (Fsp3) is 0.783. The van der Waals surface area contributed by atoms with Crippen LogP contribution in [0.3, 0.4) is 0 Å². The smallest absolute Gasteiger partial charge is 0.305 e. The quantitative estimate of drug-likeness (QED) is 0.0218. The van der Waals surface area contributed by atoms with Crippen molar-refractivity contribution in [1.82, 2.24) is 0 Å². The third kappa shape index (κ3) is 40.9. The van der Waals surface area contributed by atoms with Gasteiger partial charge in [0.25, 0.3) is 0 Å². The van der Waals surface area contributed by atoms with Gasteiger partial charge in [0.2, 0.25) is 0 Å². The molecule has 0 aromatic carbocycles. The first kappa shape index (κ1) is 51.7. The van der Waals surface area contributed by atoms with Crippen LogP contribution in [-0.4, -0.2) is 81.4 Å². The molecule has 1 N–H and O–H groups in total. The van der Waals surface area contributed by atoms with E-state index in [1.165, 1.54) is 116 Å². The lowest BCUT2D eigenvalue weighted by Gasteiger charge is -2.26. The molecule has 0 heterocycles. The molecular weight excluding hydrogens is 679 g/mol. The number of rotatable bonds is 40. The first-order valence-corrected chi connectivity index (χ1v) is 21.8.